The molecule has 0 saturated heterocycles. The van der Waals surface area contributed by atoms with Crippen molar-refractivity contribution < 1.29 is 10.2 Å². The number of aliphatic hydroxyl groups is 1. The molecule has 6 rings (SSSR count). The fourth-order valence-corrected chi connectivity index (χ4v) is 6.22. The summed E-state index contributed by atoms with van der Waals surface area (Å²) < 4.78 is 2.12. The predicted octanol–water partition coefficient (Wildman–Crippen LogP) is 8.13. The highest BCUT2D eigenvalue weighted by Crippen LogP contribution is 2.44. The zero-order valence-electron chi connectivity index (χ0n) is 22.9. The van der Waals surface area contributed by atoms with E-state index in [-0.39, 0.29) is 11.7 Å². The number of hydrogen-bond donors (Lipinski definition) is 2. The summed E-state index contributed by atoms with van der Waals surface area (Å²) in [5.74, 6) is -0.167. The molecule has 0 saturated carbocycles. The number of benzene rings is 5. The molecule has 1 atom stereocenters. The molecule has 0 bridgehead atoms. The van der Waals surface area contributed by atoms with Crippen LogP contribution in [-0.2, 0) is 11.1 Å². The second-order valence-electron chi connectivity index (χ2n) is 10.7. The second kappa shape index (κ2) is 10.5. The highest BCUT2D eigenvalue weighted by molar-refractivity contribution is 6.37. The Morgan fingerprint density at radius 2 is 1.24 bits per heavy atom. The van der Waals surface area contributed by atoms with Crippen LogP contribution in [0.15, 0.2) is 134 Å². The van der Waals surface area contributed by atoms with E-state index in [4.69, 9.17) is 16.6 Å². The average molecular weight is 559 g/mol. The molecule has 204 valence electrons. The molecule has 4 nitrogen and oxygen atoms in total. The molecule has 1 heterocycles. The molecule has 2 N–H and O–H groups in total. The van der Waals surface area contributed by atoms with Gasteiger partial charge in [0.1, 0.15) is 16.9 Å². The zero-order chi connectivity index (χ0) is 28.6. The number of fused-ring (bicyclic) bond motifs is 1. The van der Waals surface area contributed by atoms with Crippen molar-refractivity contribution in [2.24, 2.45) is 5.92 Å². The lowest BCUT2D eigenvalue weighted by atomic mass is 9.76. The van der Waals surface area contributed by atoms with Crippen LogP contribution in [-0.4, -0.2) is 19.8 Å². The third-order valence-corrected chi connectivity index (χ3v) is 8.54. The minimum Gasteiger partial charge on any atom is -0.506 e. The third-order valence-electron chi connectivity index (χ3n) is 8.14. The Labute approximate surface area is 245 Å². The SMILES string of the molecule is CC(C)C(O)(c1ccc2c(Cl)c(O)ccc2c1)c1cn(C(c2ccccc2)(c2ccccc2)c2ccccc2)cn1. The number of rotatable bonds is 7. The van der Waals surface area contributed by atoms with Crippen LogP contribution in [0.4, 0.5) is 0 Å². The van der Waals surface area contributed by atoms with Crippen LogP contribution in [0.25, 0.3) is 10.8 Å². The molecular formula is C36H31ClN2O2. The summed E-state index contributed by atoms with van der Waals surface area (Å²) in [5.41, 5.74) is 2.36. The zero-order valence-corrected chi connectivity index (χ0v) is 23.7. The lowest BCUT2D eigenvalue weighted by Gasteiger charge is -2.37. The third kappa shape index (κ3) is 4.31. The number of aromatic nitrogens is 2. The van der Waals surface area contributed by atoms with Crippen LogP contribution in [0.5, 0.6) is 5.75 Å². The van der Waals surface area contributed by atoms with Gasteiger partial charge in [-0.1, -0.05) is 135 Å². The van der Waals surface area contributed by atoms with Gasteiger partial charge >= 0.3 is 0 Å². The van der Waals surface area contributed by atoms with Gasteiger partial charge in [0.05, 0.1) is 17.0 Å². The minimum absolute atomic E-state index is 0.0313. The van der Waals surface area contributed by atoms with Gasteiger partial charge in [0.15, 0.2) is 0 Å². The number of halogens is 1. The van der Waals surface area contributed by atoms with Crippen LogP contribution in [0.3, 0.4) is 0 Å². The first-order valence-electron chi connectivity index (χ1n) is 13.7. The summed E-state index contributed by atoms with van der Waals surface area (Å²) in [5, 5.41) is 24.4. The van der Waals surface area contributed by atoms with Crippen molar-refractivity contribution in [1.29, 1.82) is 0 Å². The Balaban J connectivity index is 1.59. The van der Waals surface area contributed by atoms with Crippen molar-refractivity contribution in [3.05, 3.63) is 167 Å². The lowest BCUT2D eigenvalue weighted by Crippen LogP contribution is -2.37. The molecule has 5 aromatic carbocycles. The molecule has 6 aromatic rings. The van der Waals surface area contributed by atoms with Gasteiger partial charge in [-0.2, -0.15) is 0 Å². The topological polar surface area (TPSA) is 58.3 Å². The van der Waals surface area contributed by atoms with Crippen molar-refractivity contribution in [2.45, 2.75) is 25.0 Å². The number of imidazole rings is 1. The van der Waals surface area contributed by atoms with E-state index in [0.29, 0.717) is 16.3 Å². The van der Waals surface area contributed by atoms with E-state index in [2.05, 4.69) is 77.4 Å². The smallest absolute Gasteiger partial charge is 0.135 e. The van der Waals surface area contributed by atoms with Crippen LogP contribution in [0.1, 0.15) is 41.8 Å². The van der Waals surface area contributed by atoms with Crippen molar-refractivity contribution in [1.82, 2.24) is 9.55 Å². The molecule has 0 aliphatic heterocycles. The Morgan fingerprint density at radius 3 is 1.76 bits per heavy atom. The average Bonchev–Trinajstić information content (AvgIpc) is 3.51. The molecule has 0 spiro atoms. The first-order valence-corrected chi connectivity index (χ1v) is 14.1. The lowest BCUT2D eigenvalue weighted by molar-refractivity contribution is 0.0279. The van der Waals surface area contributed by atoms with Gasteiger partial charge in [-0.25, -0.2) is 4.98 Å². The van der Waals surface area contributed by atoms with Crippen LogP contribution in [0, 0.1) is 5.92 Å². The molecule has 0 radical (unpaired) electrons. The number of aromatic hydroxyl groups is 1. The summed E-state index contributed by atoms with van der Waals surface area (Å²) in [6, 6.07) is 40.2. The van der Waals surface area contributed by atoms with E-state index < -0.39 is 11.1 Å². The van der Waals surface area contributed by atoms with E-state index in [1.165, 1.54) is 0 Å². The maximum absolute atomic E-state index is 12.4. The molecule has 0 fully saturated rings. The van der Waals surface area contributed by atoms with Crippen molar-refractivity contribution >= 4 is 22.4 Å². The van der Waals surface area contributed by atoms with E-state index in [9.17, 15) is 10.2 Å². The fraction of sp³-hybridized carbons (Fsp3) is 0.139. The summed E-state index contributed by atoms with van der Waals surface area (Å²) in [6.07, 6.45) is 3.80. The van der Waals surface area contributed by atoms with Crippen molar-refractivity contribution in [2.75, 3.05) is 0 Å². The molecule has 0 aliphatic carbocycles. The summed E-state index contributed by atoms with van der Waals surface area (Å²) in [4.78, 5) is 4.89. The van der Waals surface area contributed by atoms with Gasteiger partial charge < -0.3 is 14.8 Å². The van der Waals surface area contributed by atoms with Gasteiger partial charge in [-0.05, 0) is 45.7 Å². The maximum atomic E-state index is 12.4. The molecule has 0 aliphatic rings. The van der Waals surface area contributed by atoms with Crippen molar-refractivity contribution in [3.8, 4) is 5.75 Å². The van der Waals surface area contributed by atoms with Gasteiger partial charge in [-0.15, -0.1) is 0 Å². The summed E-state index contributed by atoms with van der Waals surface area (Å²) >= 11 is 6.37. The van der Waals surface area contributed by atoms with E-state index >= 15 is 0 Å². The van der Waals surface area contributed by atoms with Gasteiger partial charge in [-0.3, -0.25) is 0 Å². The van der Waals surface area contributed by atoms with E-state index in [0.717, 1.165) is 27.5 Å². The first-order chi connectivity index (χ1) is 19.9. The second-order valence-corrected chi connectivity index (χ2v) is 11.1. The predicted molar refractivity (Wildman–Crippen MR) is 165 cm³/mol. The summed E-state index contributed by atoms with van der Waals surface area (Å²) in [6.45, 7) is 3.98. The quantitative estimate of drug-likeness (QED) is 0.194. The van der Waals surface area contributed by atoms with Gasteiger partial charge in [0.2, 0.25) is 0 Å². The first kappa shape index (κ1) is 26.8. The monoisotopic (exact) mass is 558 g/mol. The minimum atomic E-state index is -1.39. The van der Waals surface area contributed by atoms with Gasteiger partial charge in [0, 0.05) is 11.6 Å². The largest absolute Gasteiger partial charge is 0.506 e. The van der Waals surface area contributed by atoms with Crippen molar-refractivity contribution in [3.63, 3.8) is 0 Å². The Morgan fingerprint density at radius 1 is 0.707 bits per heavy atom. The number of hydrogen-bond acceptors (Lipinski definition) is 3. The number of phenolic OH excluding ortho intramolecular Hbond substituents is 1. The molecule has 0 amide bonds. The van der Waals surface area contributed by atoms with E-state index in [1.807, 2.05) is 68.8 Å². The normalized spacial score (nSPS) is 13.4. The molecule has 1 unspecified atom stereocenters. The highest BCUT2D eigenvalue weighted by atomic mass is 35.5. The van der Waals surface area contributed by atoms with E-state index in [1.54, 1.807) is 6.07 Å². The van der Waals surface area contributed by atoms with Crippen LogP contribution < -0.4 is 0 Å². The number of phenols is 1. The standard InChI is InChI=1S/C36H31ClN2O2/c1-25(2)36(41,30-19-20-31-26(22-30)18-21-32(40)34(31)37)33-23-39(24-38-33)35(27-12-6-3-7-13-27,28-14-8-4-9-15-28)29-16-10-5-11-17-29/h3-25,40-41H,1-2H3. The Hall–Kier alpha value is -4.38. The molecular weight excluding hydrogens is 528 g/mol. The Bertz CT molecular complexity index is 1700. The van der Waals surface area contributed by atoms with Crippen LogP contribution in [0.2, 0.25) is 5.02 Å². The maximum Gasteiger partial charge on any atom is 0.135 e. The number of nitrogens with zero attached hydrogens (tertiary/aromatic N) is 2. The highest BCUT2D eigenvalue weighted by Gasteiger charge is 2.42. The fourth-order valence-electron chi connectivity index (χ4n) is 5.98. The Kier molecular flexibility index (Phi) is 6.90. The molecule has 1 aromatic heterocycles. The summed E-state index contributed by atoms with van der Waals surface area (Å²) in [7, 11) is 0. The molecule has 5 heteroatoms. The van der Waals surface area contributed by atoms with Gasteiger partial charge in [0.25, 0.3) is 0 Å². The van der Waals surface area contributed by atoms with Crippen LogP contribution >= 0.6 is 11.6 Å². The molecule has 41 heavy (non-hydrogen) atoms.